The summed E-state index contributed by atoms with van der Waals surface area (Å²) in [5, 5.41) is 9.02. The molecular formula is C16H13IN. The number of rotatable bonds is 2. The standard InChI is InChI=1S/C16H13IN/c1-3-13-6-5-12(10-18)8-16(13)15-9-14(17)7-4-11(15)2/h4-5,7-9H,3H2,1-2H3. The van der Waals surface area contributed by atoms with Crippen LogP contribution < -0.4 is 0 Å². The predicted octanol–water partition coefficient (Wildman–Crippen LogP) is 4.50. The van der Waals surface area contributed by atoms with Gasteiger partial charge in [0.1, 0.15) is 0 Å². The summed E-state index contributed by atoms with van der Waals surface area (Å²) in [4.78, 5) is 0. The third-order valence-corrected chi connectivity index (χ3v) is 3.67. The summed E-state index contributed by atoms with van der Waals surface area (Å²) in [7, 11) is 0. The molecule has 0 saturated heterocycles. The van der Waals surface area contributed by atoms with Gasteiger partial charge >= 0.3 is 0 Å². The highest BCUT2D eigenvalue weighted by Crippen LogP contribution is 2.29. The van der Waals surface area contributed by atoms with Crippen LogP contribution in [-0.4, -0.2) is 0 Å². The maximum absolute atomic E-state index is 9.02. The quantitative estimate of drug-likeness (QED) is 0.735. The number of halogens is 1. The smallest absolute Gasteiger partial charge is 0.0992 e. The molecule has 2 heteroatoms. The molecule has 1 nitrogen and oxygen atoms in total. The fourth-order valence-electron chi connectivity index (χ4n) is 2.01. The Morgan fingerprint density at radius 1 is 1.28 bits per heavy atom. The average molecular weight is 346 g/mol. The van der Waals surface area contributed by atoms with Gasteiger partial charge in [-0.2, -0.15) is 5.26 Å². The zero-order valence-electron chi connectivity index (χ0n) is 10.4. The minimum atomic E-state index is 0.667. The van der Waals surface area contributed by atoms with Crippen molar-refractivity contribution in [2.75, 3.05) is 0 Å². The molecule has 1 radical (unpaired) electrons. The van der Waals surface area contributed by atoms with Crippen LogP contribution >= 0.6 is 22.6 Å². The minimum Gasteiger partial charge on any atom is -0.192 e. The molecule has 0 saturated carbocycles. The van der Waals surface area contributed by atoms with Gasteiger partial charge in [0, 0.05) is 3.57 Å². The zero-order valence-corrected chi connectivity index (χ0v) is 12.6. The van der Waals surface area contributed by atoms with E-state index in [1.165, 1.54) is 20.3 Å². The number of hydrogen-bond acceptors (Lipinski definition) is 1. The molecule has 0 aromatic heterocycles. The molecule has 0 fully saturated rings. The third-order valence-electron chi connectivity index (χ3n) is 3.00. The highest BCUT2D eigenvalue weighted by Gasteiger charge is 2.08. The Morgan fingerprint density at radius 2 is 2.06 bits per heavy atom. The van der Waals surface area contributed by atoms with Gasteiger partial charge in [0.05, 0.1) is 11.6 Å². The van der Waals surface area contributed by atoms with Crippen molar-refractivity contribution in [3.05, 3.63) is 56.7 Å². The lowest BCUT2D eigenvalue weighted by atomic mass is 9.93. The topological polar surface area (TPSA) is 23.8 Å². The number of nitriles is 1. The maximum Gasteiger partial charge on any atom is 0.0992 e. The number of nitrogens with zero attached hydrogens (tertiary/aromatic N) is 1. The zero-order chi connectivity index (χ0) is 13.1. The van der Waals surface area contributed by atoms with Crippen LogP contribution in [0.15, 0.2) is 30.3 Å². The van der Waals surface area contributed by atoms with Gasteiger partial charge in [-0.15, -0.1) is 0 Å². The monoisotopic (exact) mass is 346 g/mol. The molecular weight excluding hydrogens is 333 g/mol. The first-order chi connectivity index (χ1) is 8.65. The molecule has 0 heterocycles. The second kappa shape index (κ2) is 5.53. The first-order valence-electron chi connectivity index (χ1n) is 5.87. The molecule has 0 atom stereocenters. The molecule has 0 N–H and O–H groups in total. The lowest BCUT2D eigenvalue weighted by molar-refractivity contribution is 1.13. The Labute approximate surface area is 122 Å². The van der Waals surface area contributed by atoms with Gasteiger partial charge in [-0.1, -0.05) is 13.0 Å². The van der Waals surface area contributed by atoms with Crippen LogP contribution in [-0.2, 0) is 6.42 Å². The van der Waals surface area contributed by atoms with E-state index >= 15 is 0 Å². The molecule has 0 unspecified atom stereocenters. The van der Waals surface area contributed by atoms with Crippen LogP contribution in [0.25, 0.3) is 11.1 Å². The van der Waals surface area contributed by atoms with E-state index in [4.69, 9.17) is 5.26 Å². The lowest BCUT2D eigenvalue weighted by Gasteiger charge is -2.11. The van der Waals surface area contributed by atoms with Crippen LogP contribution in [0.3, 0.4) is 0 Å². The summed E-state index contributed by atoms with van der Waals surface area (Å²) in [5.74, 6) is 0. The fraction of sp³-hybridized carbons (Fsp3) is 0.188. The molecule has 2 rings (SSSR count). The van der Waals surface area contributed by atoms with E-state index in [9.17, 15) is 0 Å². The lowest BCUT2D eigenvalue weighted by Crippen LogP contribution is -1.92. The van der Waals surface area contributed by atoms with E-state index in [2.05, 4.69) is 66.8 Å². The van der Waals surface area contributed by atoms with Crippen molar-refractivity contribution in [2.24, 2.45) is 0 Å². The van der Waals surface area contributed by atoms with Crippen molar-refractivity contribution >= 4 is 22.6 Å². The SMILES string of the molecule is CCc1[c]cc(C#N)cc1-c1cc(I)ccc1C. The summed E-state index contributed by atoms with van der Waals surface area (Å²) < 4.78 is 1.21. The Hall–Kier alpha value is -1.34. The largest absolute Gasteiger partial charge is 0.192 e. The molecule has 0 aliphatic carbocycles. The van der Waals surface area contributed by atoms with Gasteiger partial charge in [0.15, 0.2) is 0 Å². The van der Waals surface area contributed by atoms with Gasteiger partial charge in [-0.05, 0) is 88.5 Å². The molecule has 0 spiro atoms. The molecule has 2 aromatic carbocycles. The van der Waals surface area contributed by atoms with Crippen LogP contribution in [0.1, 0.15) is 23.6 Å². The predicted molar refractivity (Wildman–Crippen MR) is 82.3 cm³/mol. The van der Waals surface area contributed by atoms with Crippen LogP contribution in [0.4, 0.5) is 0 Å². The Balaban J connectivity index is 2.69. The van der Waals surface area contributed by atoms with E-state index in [-0.39, 0.29) is 0 Å². The molecule has 18 heavy (non-hydrogen) atoms. The van der Waals surface area contributed by atoms with Crippen LogP contribution in [0.2, 0.25) is 0 Å². The van der Waals surface area contributed by atoms with Crippen LogP contribution in [0, 0.1) is 27.9 Å². The Bertz CT molecular complexity index is 623. The van der Waals surface area contributed by atoms with Crippen LogP contribution in [0.5, 0.6) is 0 Å². The van der Waals surface area contributed by atoms with Gasteiger partial charge in [-0.3, -0.25) is 0 Å². The highest BCUT2D eigenvalue weighted by molar-refractivity contribution is 14.1. The summed E-state index contributed by atoms with van der Waals surface area (Å²) in [5.41, 5.74) is 5.40. The van der Waals surface area contributed by atoms with Crippen molar-refractivity contribution in [1.29, 1.82) is 5.26 Å². The van der Waals surface area contributed by atoms with Gasteiger partial charge in [0.25, 0.3) is 0 Å². The van der Waals surface area contributed by atoms with Crippen molar-refractivity contribution in [3.63, 3.8) is 0 Å². The first kappa shape index (κ1) is 13.1. The Morgan fingerprint density at radius 3 is 2.72 bits per heavy atom. The summed E-state index contributed by atoms with van der Waals surface area (Å²) >= 11 is 2.32. The molecule has 0 amide bonds. The van der Waals surface area contributed by atoms with E-state index < -0.39 is 0 Å². The van der Waals surface area contributed by atoms with Gasteiger partial charge in [-0.25, -0.2) is 0 Å². The molecule has 0 aliphatic rings. The van der Waals surface area contributed by atoms with Gasteiger partial charge in [0.2, 0.25) is 0 Å². The van der Waals surface area contributed by atoms with E-state index in [0.29, 0.717) is 5.56 Å². The summed E-state index contributed by atoms with van der Waals surface area (Å²) in [6, 6.07) is 15.5. The molecule has 0 bridgehead atoms. The minimum absolute atomic E-state index is 0.667. The number of aryl methyl sites for hydroxylation is 2. The van der Waals surface area contributed by atoms with E-state index in [1.54, 1.807) is 6.07 Å². The second-order valence-corrected chi connectivity index (χ2v) is 5.45. The van der Waals surface area contributed by atoms with Crippen molar-refractivity contribution < 1.29 is 0 Å². The molecule has 2 aromatic rings. The maximum atomic E-state index is 9.02. The normalized spacial score (nSPS) is 10.1. The van der Waals surface area contributed by atoms with Gasteiger partial charge < -0.3 is 0 Å². The van der Waals surface area contributed by atoms with E-state index in [0.717, 1.165) is 12.0 Å². The van der Waals surface area contributed by atoms with Crippen molar-refractivity contribution in [2.45, 2.75) is 20.3 Å². The number of hydrogen-bond donors (Lipinski definition) is 0. The van der Waals surface area contributed by atoms with Crippen molar-refractivity contribution in [1.82, 2.24) is 0 Å². The van der Waals surface area contributed by atoms with E-state index in [1.807, 2.05) is 6.07 Å². The summed E-state index contributed by atoms with van der Waals surface area (Å²) in [6.45, 7) is 4.22. The molecule has 0 aliphatic heterocycles. The van der Waals surface area contributed by atoms with Crippen molar-refractivity contribution in [3.8, 4) is 17.2 Å². The highest BCUT2D eigenvalue weighted by atomic mass is 127. The fourth-order valence-corrected chi connectivity index (χ4v) is 2.50. The summed E-state index contributed by atoms with van der Waals surface area (Å²) in [6.07, 6.45) is 0.923. The molecule has 89 valence electrons. The first-order valence-corrected chi connectivity index (χ1v) is 6.94. The Kier molecular flexibility index (Phi) is 4.03. The average Bonchev–Trinajstić information content (AvgIpc) is 2.40. The third kappa shape index (κ3) is 2.56. The second-order valence-electron chi connectivity index (χ2n) is 4.21. The number of benzene rings is 2.